The molecule has 1 fully saturated rings. The summed E-state index contributed by atoms with van der Waals surface area (Å²) >= 11 is 0. The van der Waals surface area contributed by atoms with Gasteiger partial charge in [-0.3, -0.25) is 9.69 Å². The molecule has 1 atom stereocenters. The highest BCUT2D eigenvalue weighted by Crippen LogP contribution is 2.15. The molecular weight excluding hydrogens is 188 g/mol. The van der Waals surface area contributed by atoms with Crippen molar-refractivity contribution in [2.45, 2.75) is 39.8 Å². The van der Waals surface area contributed by atoms with Crippen LogP contribution in [0.3, 0.4) is 0 Å². The summed E-state index contributed by atoms with van der Waals surface area (Å²) in [6, 6.07) is 0. The molecular formula is C12H22N2O. The summed E-state index contributed by atoms with van der Waals surface area (Å²) in [5.74, 6) is 0.409. The van der Waals surface area contributed by atoms with Crippen molar-refractivity contribution in [3.63, 3.8) is 0 Å². The second-order valence-corrected chi connectivity index (χ2v) is 4.69. The van der Waals surface area contributed by atoms with E-state index in [9.17, 15) is 4.79 Å². The smallest absolute Gasteiger partial charge is 0.247 e. The van der Waals surface area contributed by atoms with Gasteiger partial charge in [-0.05, 0) is 25.7 Å². The van der Waals surface area contributed by atoms with Crippen LogP contribution in [-0.4, -0.2) is 30.1 Å². The van der Waals surface area contributed by atoms with E-state index in [1.807, 2.05) is 0 Å². The van der Waals surface area contributed by atoms with Gasteiger partial charge in [0, 0.05) is 18.7 Å². The number of nitrogens with zero attached hydrogens (tertiary/aromatic N) is 1. The molecule has 0 radical (unpaired) electrons. The molecule has 1 aliphatic rings. The van der Waals surface area contributed by atoms with Crippen molar-refractivity contribution >= 4 is 5.91 Å². The van der Waals surface area contributed by atoms with Crippen LogP contribution in [0.15, 0.2) is 12.2 Å². The van der Waals surface area contributed by atoms with Crippen molar-refractivity contribution in [1.82, 2.24) is 10.2 Å². The highest BCUT2D eigenvalue weighted by molar-refractivity contribution is 5.92. The first-order chi connectivity index (χ1) is 7.02. The molecule has 1 rings (SSSR count). The number of rotatable bonds is 4. The molecule has 1 saturated heterocycles. The molecule has 1 N–H and O–H groups in total. The average molecular weight is 210 g/mol. The molecule has 15 heavy (non-hydrogen) atoms. The molecule has 0 saturated carbocycles. The molecule has 3 heteroatoms. The Balaban J connectivity index is 2.57. The molecule has 1 unspecified atom stereocenters. The standard InChI is InChI=1S/C12H22N2O/c1-9(2)11(13-12(15)10(3)4)14-7-5-6-8-14/h9,11H,3,5-8H2,1-2,4H3,(H,13,15). The Kier molecular flexibility index (Phi) is 4.33. The van der Waals surface area contributed by atoms with Gasteiger partial charge in [0.25, 0.3) is 0 Å². The van der Waals surface area contributed by atoms with Gasteiger partial charge in [0.2, 0.25) is 5.91 Å². The predicted octanol–water partition coefficient (Wildman–Crippen LogP) is 1.76. The van der Waals surface area contributed by atoms with Gasteiger partial charge >= 0.3 is 0 Å². The van der Waals surface area contributed by atoms with Gasteiger partial charge < -0.3 is 5.32 Å². The summed E-state index contributed by atoms with van der Waals surface area (Å²) in [5, 5.41) is 3.05. The minimum Gasteiger partial charge on any atom is -0.337 e. The van der Waals surface area contributed by atoms with E-state index in [-0.39, 0.29) is 12.1 Å². The molecule has 1 amide bonds. The van der Waals surface area contributed by atoms with Crippen LogP contribution in [0, 0.1) is 5.92 Å². The van der Waals surface area contributed by atoms with Gasteiger partial charge in [-0.1, -0.05) is 20.4 Å². The van der Waals surface area contributed by atoms with E-state index < -0.39 is 0 Å². The van der Waals surface area contributed by atoms with E-state index in [4.69, 9.17) is 0 Å². The maximum Gasteiger partial charge on any atom is 0.247 e. The molecule has 1 aliphatic heterocycles. The lowest BCUT2D eigenvalue weighted by molar-refractivity contribution is -0.119. The fraction of sp³-hybridized carbons (Fsp3) is 0.750. The Labute approximate surface area is 92.5 Å². The van der Waals surface area contributed by atoms with Crippen molar-refractivity contribution in [2.24, 2.45) is 5.92 Å². The third-order valence-electron chi connectivity index (χ3n) is 2.83. The van der Waals surface area contributed by atoms with E-state index in [0.29, 0.717) is 11.5 Å². The van der Waals surface area contributed by atoms with Crippen LogP contribution in [0.25, 0.3) is 0 Å². The molecule has 0 aromatic rings. The number of carbonyl (C=O) groups excluding carboxylic acids is 1. The van der Waals surface area contributed by atoms with Crippen LogP contribution >= 0.6 is 0 Å². The minimum atomic E-state index is -0.0272. The lowest BCUT2D eigenvalue weighted by Gasteiger charge is -2.31. The van der Waals surface area contributed by atoms with Crippen LogP contribution in [0.2, 0.25) is 0 Å². The summed E-state index contributed by atoms with van der Waals surface area (Å²) in [6.07, 6.45) is 2.65. The van der Waals surface area contributed by atoms with E-state index in [2.05, 4.69) is 30.6 Å². The average Bonchev–Trinajstić information content (AvgIpc) is 2.65. The highest BCUT2D eigenvalue weighted by Gasteiger charge is 2.25. The largest absolute Gasteiger partial charge is 0.337 e. The third kappa shape index (κ3) is 3.34. The molecule has 0 aromatic heterocycles. The molecule has 0 bridgehead atoms. The lowest BCUT2D eigenvalue weighted by atomic mass is 10.1. The Morgan fingerprint density at radius 3 is 2.27 bits per heavy atom. The van der Waals surface area contributed by atoms with Crippen molar-refractivity contribution in [2.75, 3.05) is 13.1 Å². The number of nitrogens with one attached hydrogen (secondary N) is 1. The zero-order valence-corrected chi connectivity index (χ0v) is 10.0. The van der Waals surface area contributed by atoms with Crippen molar-refractivity contribution < 1.29 is 4.79 Å². The SMILES string of the molecule is C=C(C)C(=O)NC(C(C)C)N1CCCC1. The Morgan fingerprint density at radius 1 is 1.33 bits per heavy atom. The fourth-order valence-electron chi connectivity index (χ4n) is 1.96. The maximum atomic E-state index is 11.6. The van der Waals surface area contributed by atoms with Gasteiger partial charge in [0.05, 0.1) is 6.17 Å². The maximum absolute atomic E-state index is 11.6. The van der Waals surface area contributed by atoms with Crippen LogP contribution in [-0.2, 0) is 4.79 Å². The third-order valence-corrected chi connectivity index (χ3v) is 2.83. The Hall–Kier alpha value is -0.830. The normalized spacial score (nSPS) is 19.2. The first kappa shape index (κ1) is 12.2. The first-order valence-corrected chi connectivity index (χ1v) is 5.73. The topological polar surface area (TPSA) is 32.3 Å². The van der Waals surface area contributed by atoms with Crippen molar-refractivity contribution in [1.29, 1.82) is 0 Å². The predicted molar refractivity (Wildman–Crippen MR) is 62.4 cm³/mol. The summed E-state index contributed by atoms with van der Waals surface area (Å²) in [6.45, 7) is 11.9. The van der Waals surface area contributed by atoms with Gasteiger partial charge in [-0.15, -0.1) is 0 Å². The summed E-state index contributed by atoms with van der Waals surface area (Å²) in [4.78, 5) is 13.9. The van der Waals surface area contributed by atoms with Crippen molar-refractivity contribution in [3.05, 3.63) is 12.2 Å². The summed E-state index contributed by atoms with van der Waals surface area (Å²) in [5.41, 5.74) is 0.583. The monoisotopic (exact) mass is 210 g/mol. The highest BCUT2D eigenvalue weighted by atomic mass is 16.1. The van der Waals surface area contributed by atoms with E-state index in [0.717, 1.165) is 13.1 Å². The van der Waals surface area contributed by atoms with Gasteiger partial charge in [0.1, 0.15) is 0 Å². The van der Waals surface area contributed by atoms with Crippen LogP contribution < -0.4 is 5.32 Å². The van der Waals surface area contributed by atoms with Gasteiger partial charge in [-0.2, -0.15) is 0 Å². The molecule has 0 spiro atoms. The Bertz CT molecular complexity index is 242. The summed E-state index contributed by atoms with van der Waals surface area (Å²) < 4.78 is 0. The molecule has 3 nitrogen and oxygen atoms in total. The minimum absolute atomic E-state index is 0.0272. The van der Waals surface area contributed by atoms with E-state index in [1.54, 1.807) is 6.92 Å². The first-order valence-electron chi connectivity index (χ1n) is 5.73. The van der Waals surface area contributed by atoms with Crippen LogP contribution in [0.1, 0.15) is 33.6 Å². The number of carbonyl (C=O) groups is 1. The van der Waals surface area contributed by atoms with Crippen LogP contribution in [0.5, 0.6) is 0 Å². The van der Waals surface area contributed by atoms with Crippen LogP contribution in [0.4, 0.5) is 0 Å². The molecule has 86 valence electrons. The molecule has 0 aliphatic carbocycles. The second-order valence-electron chi connectivity index (χ2n) is 4.69. The van der Waals surface area contributed by atoms with Gasteiger partial charge in [0.15, 0.2) is 0 Å². The zero-order chi connectivity index (χ0) is 11.4. The number of likely N-dealkylation sites (tertiary alicyclic amines) is 1. The molecule has 1 heterocycles. The number of hydrogen-bond acceptors (Lipinski definition) is 2. The zero-order valence-electron chi connectivity index (χ0n) is 10.0. The van der Waals surface area contributed by atoms with E-state index >= 15 is 0 Å². The molecule has 0 aromatic carbocycles. The van der Waals surface area contributed by atoms with E-state index in [1.165, 1.54) is 12.8 Å². The van der Waals surface area contributed by atoms with Crippen molar-refractivity contribution in [3.8, 4) is 0 Å². The second kappa shape index (κ2) is 5.31. The lowest BCUT2D eigenvalue weighted by Crippen LogP contribution is -2.50. The van der Waals surface area contributed by atoms with Gasteiger partial charge in [-0.25, -0.2) is 0 Å². The fourth-order valence-corrected chi connectivity index (χ4v) is 1.96. The Morgan fingerprint density at radius 2 is 1.87 bits per heavy atom. The number of amides is 1. The quantitative estimate of drug-likeness (QED) is 0.717. The number of hydrogen-bond donors (Lipinski definition) is 1. The summed E-state index contributed by atoms with van der Waals surface area (Å²) in [7, 11) is 0.